The first-order valence-electron chi connectivity index (χ1n) is 8.07. The van der Waals surface area contributed by atoms with Crippen LogP contribution in [0.25, 0.3) is 28.1 Å². The van der Waals surface area contributed by atoms with Crippen molar-refractivity contribution in [3.8, 4) is 33.8 Å². The fraction of sp³-hybridized carbons (Fsp3) is 0.0476. The van der Waals surface area contributed by atoms with Crippen molar-refractivity contribution >= 4 is 0 Å². The van der Waals surface area contributed by atoms with Gasteiger partial charge in [-0.2, -0.15) is 0 Å². The zero-order chi connectivity index (χ0) is 17.1. The zero-order valence-electron chi connectivity index (χ0n) is 13.8. The fourth-order valence-corrected chi connectivity index (χ4v) is 2.81. The minimum absolute atomic E-state index is 0.856. The van der Waals surface area contributed by atoms with Crippen LogP contribution < -0.4 is 4.74 Å². The molecule has 0 fully saturated rings. The molecule has 4 heteroatoms. The average Bonchev–Trinajstić information content (AvgIpc) is 3.19. The lowest BCUT2D eigenvalue weighted by Gasteiger charge is -2.09. The van der Waals surface area contributed by atoms with Gasteiger partial charge >= 0.3 is 0 Å². The third-order valence-electron chi connectivity index (χ3n) is 4.11. The van der Waals surface area contributed by atoms with Gasteiger partial charge in [0.2, 0.25) is 0 Å². The van der Waals surface area contributed by atoms with Gasteiger partial charge in [-0.1, -0.05) is 65.9 Å². The Morgan fingerprint density at radius 2 is 1.48 bits per heavy atom. The highest BCUT2D eigenvalue weighted by Crippen LogP contribution is 2.30. The van der Waals surface area contributed by atoms with E-state index in [1.165, 1.54) is 0 Å². The number of para-hydroxylation sites is 1. The molecule has 0 saturated carbocycles. The molecule has 4 nitrogen and oxygen atoms in total. The highest BCUT2D eigenvalue weighted by atomic mass is 16.5. The maximum absolute atomic E-state index is 5.44. The molecular formula is C21H17N3O. The number of ether oxygens (including phenoxy) is 1. The Bertz CT molecular complexity index is 975. The van der Waals surface area contributed by atoms with Crippen molar-refractivity contribution in [3.63, 3.8) is 0 Å². The molecule has 0 aliphatic heterocycles. The molecule has 3 aromatic carbocycles. The lowest BCUT2D eigenvalue weighted by atomic mass is 10.0. The van der Waals surface area contributed by atoms with Crippen LogP contribution in [0.15, 0.2) is 85.1 Å². The van der Waals surface area contributed by atoms with E-state index in [1.807, 2.05) is 66.9 Å². The largest absolute Gasteiger partial charge is 0.496 e. The number of hydrogen-bond acceptors (Lipinski definition) is 3. The van der Waals surface area contributed by atoms with Crippen LogP contribution in [0.4, 0.5) is 0 Å². The third kappa shape index (κ3) is 3.02. The van der Waals surface area contributed by atoms with Gasteiger partial charge in [0.1, 0.15) is 11.4 Å². The molecule has 0 N–H and O–H groups in total. The number of benzene rings is 3. The third-order valence-corrected chi connectivity index (χ3v) is 4.11. The SMILES string of the molecule is COc1ccccc1-c1ccc(-n2cc(-c3ccccc3)nn2)cc1. The maximum Gasteiger partial charge on any atom is 0.126 e. The van der Waals surface area contributed by atoms with Crippen molar-refractivity contribution in [2.24, 2.45) is 0 Å². The van der Waals surface area contributed by atoms with Crippen LogP contribution in [0.1, 0.15) is 0 Å². The van der Waals surface area contributed by atoms with Crippen molar-refractivity contribution in [2.75, 3.05) is 7.11 Å². The molecule has 0 spiro atoms. The van der Waals surface area contributed by atoms with Crippen molar-refractivity contribution in [3.05, 3.63) is 85.1 Å². The molecule has 0 atom stereocenters. The summed E-state index contributed by atoms with van der Waals surface area (Å²) in [5.41, 5.74) is 5.05. The van der Waals surface area contributed by atoms with Crippen molar-refractivity contribution in [1.29, 1.82) is 0 Å². The summed E-state index contributed by atoms with van der Waals surface area (Å²) >= 11 is 0. The van der Waals surface area contributed by atoms with E-state index in [9.17, 15) is 0 Å². The number of aromatic nitrogens is 3. The molecule has 1 aromatic heterocycles. The van der Waals surface area contributed by atoms with Gasteiger partial charge in [-0.15, -0.1) is 5.10 Å². The molecule has 0 radical (unpaired) electrons. The van der Waals surface area contributed by atoms with E-state index < -0.39 is 0 Å². The summed E-state index contributed by atoms with van der Waals surface area (Å²) in [6.07, 6.45) is 1.94. The Hall–Kier alpha value is -3.40. The summed E-state index contributed by atoms with van der Waals surface area (Å²) in [4.78, 5) is 0. The molecule has 0 aliphatic rings. The first kappa shape index (κ1) is 15.1. The molecule has 25 heavy (non-hydrogen) atoms. The second kappa shape index (κ2) is 6.61. The Kier molecular flexibility index (Phi) is 4.01. The molecule has 0 amide bonds. The molecule has 122 valence electrons. The number of hydrogen-bond donors (Lipinski definition) is 0. The van der Waals surface area contributed by atoms with Gasteiger partial charge in [-0.3, -0.25) is 0 Å². The molecule has 0 aliphatic carbocycles. The summed E-state index contributed by atoms with van der Waals surface area (Å²) in [7, 11) is 1.69. The average molecular weight is 327 g/mol. The van der Waals surface area contributed by atoms with E-state index in [2.05, 4.69) is 28.5 Å². The van der Waals surface area contributed by atoms with Gasteiger partial charge in [0, 0.05) is 11.1 Å². The van der Waals surface area contributed by atoms with Crippen LogP contribution in [0.5, 0.6) is 5.75 Å². The van der Waals surface area contributed by atoms with Gasteiger partial charge < -0.3 is 4.74 Å². The quantitative estimate of drug-likeness (QED) is 0.549. The van der Waals surface area contributed by atoms with E-state index >= 15 is 0 Å². The summed E-state index contributed by atoms with van der Waals surface area (Å²) in [5, 5.41) is 8.50. The predicted molar refractivity (Wildman–Crippen MR) is 98.8 cm³/mol. The molecule has 4 aromatic rings. The first-order chi connectivity index (χ1) is 12.3. The lowest BCUT2D eigenvalue weighted by molar-refractivity contribution is 0.416. The number of rotatable bonds is 4. The van der Waals surface area contributed by atoms with Crippen molar-refractivity contribution in [1.82, 2.24) is 15.0 Å². The van der Waals surface area contributed by atoms with Gasteiger partial charge in [0.15, 0.2) is 0 Å². The molecule has 1 heterocycles. The maximum atomic E-state index is 5.44. The minimum atomic E-state index is 0.856. The lowest BCUT2D eigenvalue weighted by Crippen LogP contribution is -1.94. The summed E-state index contributed by atoms with van der Waals surface area (Å²) in [6.45, 7) is 0. The highest BCUT2D eigenvalue weighted by molar-refractivity contribution is 5.71. The standard InChI is InChI=1S/C21H17N3O/c1-25-21-10-6-5-9-19(21)16-11-13-18(14-12-16)24-15-20(22-23-24)17-7-3-2-4-8-17/h2-15H,1H3. The highest BCUT2D eigenvalue weighted by Gasteiger charge is 2.07. The zero-order valence-corrected chi connectivity index (χ0v) is 13.8. The minimum Gasteiger partial charge on any atom is -0.496 e. The van der Waals surface area contributed by atoms with Crippen LogP contribution in [0, 0.1) is 0 Å². The van der Waals surface area contributed by atoms with Gasteiger partial charge in [-0.05, 0) is 23.8 Å². The molecule has 0 unspecified atom stereocenters. The van der Waals surface area contributed by atoms with Crippen molar-refractivity contribution in [2.45, 2.75) is 0 Å². The second-order valence-corrected chi connectivity index (χ2v) is 5.66. The molecule has 4 rings (SSSR count). The Balaban J connectivity index is 1.64. The van der Waals surface area contributed by atoms with Crippen LogP contribution in [0.3, 0.4) is 0 Å². The van der Waals surface area contributed by atoms with Gasteiger partial charge in [0.25, 0.3) is 0 Å². The summed E-state index contributed by atoms with van der Waals surface area (Å²) < 4.78 is 7.23. The fourth-order valence-electron chi connectivity index (χ4n) is 2.81. The topological polar surface area (TPSA) is 39.9 Å². The van der Waals surface area contributed by atoms with Crippen LogP contribution >= 0.6 is 0 Å². The summed E-state index contributed by atoms with van der Waals surface area (Å²) in [6, 6.07) is 26.2. The van der Waals surface area contributed by atoms with E-state index in [4.69, 9.17) is 4.74 Å². The Labute approximate surface area is 146 Å². The van der Waals surface area contributed by atoms with E-state index in [0.717, 1.165) is 33.8 Å². The van der Waals surface area contributed by atoms with Crippen LogP contribution in [0.2, 0.25) is 0 Å². The van der Waals surface area contributed by atoms with Crippen LogP contribution in [-0.4, -0.2) is 22.1 Å². The first-order valence-corrected chi connectivity index (χ1v) is 8.07. The molecule has 0 bridgehead atoms. The Morgan fingerprint density at radius 3 is 2.24 bits per heavy atom. The Morgan fingerprint density at radius 1 is 0.760 bits per heavy atom. The van der Waals surface area contributed by atoms with E-state index in [0.29, 0.717) is 0 Å². The van der Waals surface area contributed by atoms with Gasteiger partial charge in [0.05, 0.1) is 19.0 Å². The van der Waals surface area contributed by atoms with E-state index in [1.54, 1.807) is 11.8 Å². The second-order valence-electron chi connectivity index (χ2n) is 5.66. The number of methoxy groups -OCH3 is 1. The van der Waals surface area contributed by atoms with Gasteiger partial charge in [-0.25, -0.2) is 4.68 Å². The molecular weight excluding hydrogens is 310 g/mol. The van der Waals surface area contributed by atoms with Crippen molar-refractivity contribution < 1.29 is 4.74 Å². The monoisotopic (exact) mass is 327 g/mol. The predicted octanol–water partition coefficient (Wildman–Crippen LogP) is 4.61. The smallest absolute Gasteiger partial charge is 0.126 e. The number of nitrogens with zero attached hydrogens (tertiary/aromatic N) is 3. The normalized spacial score (nSPS) is 10.6. The van der Waals surface area contributed by atoms with Crippen LogP contribution in [-0.2, 0) is 0 Å². The van der Waals surface area contributed by atoms with E-state index in [-0.39, 0.29) is 0 Å². The molecule has 0 saturated heterocycles. The summed E-state index contributed by atoms with van der Waals surface area (Å²) in [5.74, 6) is 0.863.